The Bertz CT molecular complexity index is 653. The van der Waals surface area contributed by atoms with E-state index in [-0.39, 0.29) is 29.4 Å². The number of benzene rings is 1. The van der Waals surface area contributed by atoms with Crippen LogP contribution in [0, 0.1) is 12.7 Å². The number of rotatable bonds is 4. The van der Waals surface area contributed by atoms with E-state index in [4.69, 9.17) is 0 Å². The van der Waals surface area contributed by atoms with Crippen LogP contribution < -0.4 is 0 Å². The first-order valence-corrected chi connectivity index (χ1v) is 8.32. The molecule has 2 rings (SSSR count). The van der Waals surface area contributed by atoms with E-state index in [9.17, 15) is 30.7 Å². The van der Waals surface area contributed by atoms with Gasteiger partial charge in [0.25, 0.3) is 0 Å². The molecule has 0 aliphatic carbocycles. The number of aliphatic imine (C=N–C) groups is 1. The Morgan fingerprint density at radius 2 is 1.80 bits per heavy atom. The van der Waals surface area contributed by atoms with E-state index >= 15 is 0 Å². The summed E-state index contributed by atoms with van der Waals surface area (Å²) in [7, 11) is 0. The van der Waals surface area contributed by atoms with E-state index in [0.29, 0.717) is 23.7 Å². The molecule has 10 heteroatoms. The van der Waals surface area contributed by atoms with Gasteiger partial charge in [0.1, 0.15) is 23.9 Å². The second kappa shape index (κ2) is 7.43. The zero-order valence-electron chi connectivity index (χ0n) is 13.1. The normalized spacial score (nSPS) is 17.6. The summed E-state index contributed by atoms with van der Waals surface area (Å²) in [4.78, 5) is 5.15. The molecular formula is C15H15F7N2S. The number of hydrogen-bond acceptors (Lipinski definition) is 2. The van der Waals surface area contributed by atoms with E-state index in [1.807, 2.05) is 0 Å². The first-order valence-electron chi connectivity index (χ1n) is 7.33. The number of alkyl halides is 6. The van der Waals surface area contributed by atoms with Gasteiger partial charge in [-0.25, -0.2) is 9.38 Å². The van der Waals surface area contributed by atoms with Gasteiger partial charge < -0.3 is 4.90 Å². The Morgan fingerprint density at radius 1 is 1.12 bits per heavy atom. The minimum Gasteiger partial charge on any atom is -0.351 e. The largest absolute Gasteiger partial charge is 0.405 e. The maximum Gasteiger partial charge on any atom is 0.405 e. The second-order valence-corrected chi connectivity index (χ2v) is 6.66. The summed E-state index contributed by atoms with van der Waals surface area (Å²) in [6.45, 7) is 0.431. The molecule has 0 atom stereocenters. The van der Waals surface area contributed by atoms with Crippen molar-refractivity contribution >= 4 is 23.3 Å². The van der Waals surface area contributed by atoms with Gasteiger partial charge in [0.2, 0.25) is 0 Å². The van der Waals surface area contributed by atoms with Crippen molar-refractivity contribution in [1.29, 1.82) is 0 Å². The highest BCUT2D eigenvalue weighted by Crippen LogP contribution is 2.34. The molecule has 0 amide bonds. The van der Waals surface area contributed by atoms with Crippen molar-refractivity contribution < 1.29 is 30.7 Å². The van der Waals surface area contributed by atoms with Crippen LogP contribution in [-0.2, 0) is 0 Å². The minimum absolute atomic E-state index is 0.0897. The summed E-state index contributed by atoms with van der Waals surface area (Å²) in [5.74, 6) is -1.83. The summed E-state index contributed by atoms with van der Waals surface area (Å²) >= 11 is 0.491. The van der Waals surface area contributed by atoms with Gasteiger partial charge in [0.15, 0.2) is 0 Å². The third-order valence-corrected chi connectivity index (χ3v) is 4.67. The zero-order chi connectivity index (χ0) is 18.8. The van der Waals surface area contributed by atoms with Gasteiger partial charge in [0.05, 0.1) is 5.75 Å². The van der Waals surface area contributed by atoms with Crippen LogP contribution in [-0.4, -0.2) is 41.9 Å². The summed E-state index contributed by atoms with van der Waals surface area (Å²) < 4.78 is 88.7. The zero-order valence-corrected chi connectivity index (χ0v) is 14.0. The van der Waals surface area contributed by atoms with Crippen molar-refractivity contribution in [1.82, 2.24) is 4.90 Å². The van der Waals surface area contributed by atoms with Gasteiger partial charge >= 0.3 is 12.4 Å². The fourth-order valence-electron chi connectivity index (χ4n) is 2.41. The van der Waals surface area contributed by atoms with Gasteiger partial charge in [-0.2, -0.15) is 26.3 Å². The molecule has 1 fully saturated rings. The summed E-state index contributed by atoms with van der Waals surface area (Å²) in [6, 6.07) is 2.19. The van der Waals surface area contributed by atoms with Crippen LogP contribution in [0.4, 0.5) is 36.4 Å². The lowest BCUT2D eigenvalue weighted by Crippen LogP contribution is -2.35. The predicted molar refractivity (Wildman–Crippen MR) is 81.9 cm³/mol. The number of likely N-dealkylation sites (tertiary alicyclic amines) is 1. The van der Waals surface area contributed by atoms with Crippen LogP contribution in [0.5, 0.6) is 0 Å². The van der Waals surface area contributed by atoms with Crippen molar-refractivity contribution in [2.24, 2.45) is 4.99 Å². The van der Waals surface area contributed by atoms with Crippen LogP contribution in [0.3, 0.4) is 0 Å². The van der Waals surface area contributed by atoms with Gasteiger partial charge in [0, 0.05) is 17.9 Å². The van der Waals surface area contributed by atoms with Crippen molar-refractivity contribution in [2.45, 2.75) is 37.0 Å². The Morgan fingerprint density at radius 3 is 2.40 bits per heavy atom. The predicted octanol–water partition coefficient (Wildman–Crippen LogP) is 5.48. The summed E-state index contributed by atoms with van der Waals surface area (Å²) in [6.07, 6.45) is -8.08. The molecule has 140 valence electrons. The molecule has 2 nitrogen and oxygen atoms in total. The highest BCUT2D eigenvalue weighted by molar-refractivity contribution is 7.99. The van der Waals surface area contributed by atoms with Gasteiger partial charge in [-0.1, -0.05) is 0 Å². The third kappa shape index (κ3) is 6.09. The Balaban J connectivity index is 2.26. The van der Waals surface area contributed by atoms with E-state index in [0.717, 1.165) is 17.0 Å². The fraction of sp³-hybridized carbons (Fsp3) is 0.533. The van der Waals surface area contributed by atoms with Crippen molar-refractivity contribution in [2.75, 3.05) is 18.8 Å². The molecule has 1 aromatic rings. The topological polar surface area (TPSA) is 15.6 Å². The van der Waals surface area contributed by atoms with Crippen molar-refractivity contribution in [3.05, 3.63) is 23.5 Å². The smallest absolute Gasteiger partial charge is 0.351 e. The molecule has 1 aliphatic heterocycles. The van der Waals surface area contributed by atoms with Crippen LogP contribution in [0.25, 0.3) is 0 Å². The summed E-state index contributed by atoms with van der Waals surface area (Å²) in [5, 5.41) is 0. The fourth-order valence-corrected chi connectivity index (χ4v) is 3.21. The SMILES string of the molecule is Cc1cc(F)c(/N=C2\CCCN2CC(F)(F)F)cc1SCC(F)(F)F. The lowest BCUT2D eigenvalue weighted by Gasteiger charge is -2.20. The van der Waals surface area contributed by atoms with E-state index in [1.54, 1.807) is 0 Å². The van der Waals surface area contributed by atoms with E-state index < -0.39 is 30.5 Å². The molecule has 1 aliphatic rings. The molecule has 0 spiro atoms. The standard InChI is InChI=1S/C15H15F7N2S/c1-9-5-10(16)11(6-12(9)25-8-15(20,21)22)23-13-3-2-4-24(13)7-14(17,18)19/h5-6H,2-4,7-8H2,1H3/b23-13+. The van der Waals surface area contributed by atoms with Gasteiger partial charge in [-0.05, 0) is 31.0 Å². The number of halogens is 7. The molecule has 0 N–H and O–H groups in total. The number of hydrogen-bond donors (Lipinski definition) is 0. The molecular weight excluding hydrogens is 373 g/mol. The minimum atomic E-state index is -4.41. The quantitative estimate of drug-likeness (QED) is 0.502. The number of aryl methyl sites for hydroxylation is 1. The molecule has 1 saturated heterocycles. The maximum atomic E-state index is 14.0. The molecule has 0 radical (unpaired) electrons. The monoisotopic (exact) mass is 388 g/mol. The lowest BCUT2D eigenvalue weighted by molar-refractivity contribution is -0.137. The third-order valence-electron chi connectivity index (χ3n) is 3.45. The molecule has 1 aromatic carbocycles. The van der Waals surface area contributed by atoms with Crippen LogP contribution >= 0.6 is 11.8 Å². The Hall–Kier alpha value is -1.45. The number of amidine groups is 1. The Labute approximate surface area is 144 Å². The van der Waals surface area contributed by atoms with Gasteiger partial charge in [-0.15, -0.1) is 11.8 Å². The van der Waals surface area contributed by atoms with E-state index in [2.05, 4.69) is 4.99 Å². The molecule has 0 unspecified atom stereocenters. The maximum absolute atomic E-state index is 14.0. The average Bonchev–Trinajstić information content (AvgIpc) is 2.84. The molecule has 1 heterocycles. The highest BCUT2D eigenvalue weighted by atomic mass is 32.2. The van der Waals surface area contributed by atoms with Crippen molar-refractivity contribution in [3.63, 3.8) is 0 Å². The molecule has 0 saturated carbocycles. The average molecular weight is 388 g/mol. The van der Waals surface area contributed by atoms with Crippen LogP contribution in [0.15, 0.2) is 22.0 Å². The summed E-state index contributed by atoms with van der Waals surface area (Å²) in [5.41, 5.74) is 0.0635. The lowest BCUT2D eigenvalue weighted by atomic mass is 10.2. The number of nitrogens with zero attached hydrogens (tertiary/aromatic N) is 2. The van der Waals surface area contributed by atoms with Crippen LogP contribution in [0.1, 0.15) is 18.4 Å². The molecule has 0 bridgehead atoms. The van der Waals surface area contributed by atoms with Gasteiger partial charge in [-0.3, -0.25) is 0 Å². The molecule has 0 aromatic heterocycles. The first-order chi connectivity index (χ1) is 11.4. The van der Waals surface area contributed by atoms with E-state index in [1.165, 1.54) is 6.92 Å². The number of thioether (sulfide) groups is 1. The highest BCUT2D eigenvalue weighted by Gasteiger charge is 2.34. The van der Waals surface area contributed by atoms with Crippen LogP contribution in [0.2, 0.25) is 0 Å². The van der Waals surface area contributed by atoms with Crippen molar-refractivity contribution in [3.8, 4) is 0 Å². The Kier molecular flexibility index (Phi) is 5.90. The second-order valence-electron chi connectivity index (χ2n) is 5.64. The molecule has 25 heavy (non-hydrogen) atoms. The first kappa shape index (κ1) is 19.9.